The fourth-order valence-corrected chi connectivity index (χ4v) is 2.04. The van der Waals surface area contributed by atoms with Crippen molar-refractivity contribution in [2.45, 2.75) is 32.0 Å². The van der Waals surface area contributed by atoms with Gasteiger partial charge in [-0.05, 0) is 31.5 Å². The van der Waals surface area contributed by atoms with E-state index in [4.69, 9.17) is 9.47 Å². The predicted molar refractivity (Wildman–Crippen MR) is 61.6 cm³/mol. The summed E-state index contributed by atoms with van der Waals surface area (Å²) in [5.74, 6) is -0.0572. The second kappa shape index (κ2) is 4.37. The Morgan fingerprint density at radius 1 is 1.47 bits per heavy atom. The van der Waals surface area contributed by atoms with Crippen molar-refractivity contribution in [3.05, 3.63) is 29.8 Å². The summed E-state index contributed by atoms with van der Waals surface area (Å²) in [6.07, 6.45) is 0.212. The van der Waals surface area contributed by atoms with Gasteiger partial charge in [-0.25, -0.2) is 0 Å². The number of aromatic hydroxyl groups is 1. The summed E-state index contributed by atoms with van der Waals surface area (Å²) < 4.78 is 10.5. The van der Waals surface area contributed by atoms with Gasteiger partial charge in [-0.3, -0.25) is 4.79 Å². The van der Waals surface area contributed by atoms with Gasteiger partial charge in [0.05, 0.1) is 19.1 Å². The molecule has 2 unspecified atom stereocenters. The van der Waals surface area contributed by atoms with Crippen molar-refractivity contribution in [1.29, 1.82) is 0 Å². The molecule has 1 N–H and O–H groups in total. The predicted octanol–water partition coefficient (Wildman–Crippen LogP) is 1.96. The fraction of sp³-hybridized carbons (Fsp3) is 0.462. The minimum Gasteiger partial charge on any atom is -0.508 e. The van der Waals surface area contributed by atoms with E-state index >= 15 is 0 Å². The number of ether oxygens (including phenoxy) is 2. The van der Waals surface area contributed by atoms with Gasteiger partial charge in [0.25, 0.3) is 0 Å². The molecular formula is C13H16O4. The molecule has 1 fully saturated rings. The summed E-state index contributed by atoms with van der Waals surface area (Å²) in [7, 11) is 0. The second-order valence-corrected chi connectivity index (χ2v) is 4.18. The number of phenolic OH excluding ortho intramolecular Hbond substituents is 1. The van der Waals surface area contributed by atoms with Crippen molar-refractivity contribution < 1.29 is 19.4 Å². The van der Waals surface area contributed by atoms with Gasteiger partial charge in [0, 0.05) is 0 Å². The van der Waals surface area contributed by atoms with Crippen molar-refractivity contribution in [3.8, 4) is 5.75 Å². The molecule has 0 amide bonds. The number of epoxide rings is 1. The van der Waals surface area contributed by atoms with Gasteiger partial charge in [0.1, 0.15) is 11.4 Å². The zero-order valence-corrected chi connectivity index (χ0v) is 9.97. The number of benzene rings is 1. The zero-order chi connectivity index (χ0) is 12.5. The summed E-state index contributed by atoms with van der Waals surface area (Å²) in [5.41, 5.74) is 0.329. The summed E-state index contributed by atoms with van der Waals surface area (Å²) in [4.78, 5) is 11.5. The molecule has 1 heterocycles. The van der Waals surface area contributed by atoms with Gasteiger partial charge in [0.15, 0.2) is 0 Å². The van der Waals surface area contributed by atoms with Crippen molar-refractivity contribution in [2.24, 2.45) is 0 Å². The van der Waals surface area contributed by atoms with Crippen LogP contribution in [0.2, 0.25) is 0 Å². The molecule has 0 spiro atoms. The van der Waals surface area contributed by atoms with Crippen molar-refractivity contribution in [3.63, 3.8) is 0 Å². The van der Waals surface area contributed by atoms with E-state index in [0.29, 0.717) is 6.61 Å². The first kappa shape index (κ1) is 11.9. The first-order valence-electron chi connectivity index (χ1n) is 5.71. The largest absolute Gasteiger partial charge is 0.508 e. The van der Waals surface area contributed by atoms with Gasteiger partial charge in [-0.1, -0.05) is 12.1 Å². The summed E-state index contributed by atoms with van der Waals surface area (Å²) >= 11 is 0. The molecule has 2 rings (SSSR count). The lowest BCUT2D eigenvalue weighted by Crippen LogP contribution is -2.19. The third kappa shape index (κ3) is 2.26. The molecule has 0 aliphatic carbocycles. The minimum atomic E-state index is -0.569. The van der Waals surface area contributed by atoms with Crippen LogP contribution in [0, 0.1) is 0 Å². The lowest BCUT2D eigenvalue weighted by atomic mass is 9.92. The van der Waals surface area contributed by atoms with E-state index in [0.717, 1.165) is 5.56 Å². The zero-order valence-electron chi connectivity index (χ0n) is 9.97. The molecule has 2 atom stereocenters. The molecule has 4 nitrogen and oxygen atoms in total. The van der Waals surface area contributed by atoms with Crippen molar-refractivity contribution in [1.82, 2.24) is 0 Å². The molecular weight excluding hydrogens is 220 g/mol. The Morgan fingerprint density at radius 3 is 2.53 bits per heavy atom. The highest BCUT2D eigenvalue weighted by Crippen LogP contribution is 2.49. The number of rotatable bonds is 4. The van der Waals surface area contributed by atoms with Crippen LogP contribution >= 0.6 is 0 Å². The quantitative estimate of drug-likeness (QED) is 0.641. The number of esters is 1. The normalized spacial score (nSPS) is 26.6. The molecule has 1 aliphatic heterocycles. The first-order valence-corrected chi connectivity index (χ1v) is 5.71. The molecule has 0 saturated carbocycles. The highest BCUT2D eigenvalue weighted by Gasteiger charge is 2.56. The molecule has 1 aromatic rings. The van der Waals surface area contributed by atoms with Crippen LogP contribution in [0.1, 0.15) is 25.8 Å². The van der Waals surface area contributed by atoms with E-state index in [1.165, 1.54) is 0 Å². The Kier molecular flexibility index (Phi) is 3.07. The van der Waals surface area contributed by atoms with Crippen molar-refractivity contribution >= 4 is 5.97 Å². The smallest absolute Gasteiger partial charge is 0.309 e. The van der Waals surface area contributed by atoms with Crippen molar-refractivity contribution in [2.75, 3.05) is 6.61 Å². The van der Waals surface area contributed by atoms with Gasteiger partial charge in [0.2, 0.25) is 0 Å². The number of hydrogen-bond donors (Lipinski definition) is 1. The van der Waals surface area contributed by atoms with Gasteiger partial charge >= 0.3 is 5.97 Å². The molecule has 0 bridgehead atoms. The molecule has 1 aromatic carbocycles. The molecule has 17 heavy (non-hydrogen) atoms. The van der Waals surface area contributed by atoms with Crippen LogP contribution in [-0.2, 0) is 19.9 Å². The standard InChI is InChI=1S/C13H16O4/c1-3-16-12(15)8-13(9(2)17-13)10-4-6-11(14)7-5-10/h4-7,9,14H,3,8H2,1-2H3. The number of carbonyl (C=O) groups excluding carboxylic acids is 1. The SMILES string of the molecule is CCOC(=O)CC1(c2ccc(O)cc2)OC1C. The number of phenols is 1. The number of carbonyl (C=O) groups is 1. The molecule has 1 aliphatic rings. The maximum Gasteiger partial charge on any atom is 0.309 e. The summed E-state index contributed by atoms with van der Waals surface area (Å²) in [6.45, 7) is 4.08. The third-order valence-corrected chi connectivity index (χ3v) is 3.05. The molecule has 0 radical (unpaired) electrons. The molecule has 0 aromatic heterocycles. The van der Waals surface area contributed by atoms with Crippen LogP contribution in [0.25, 0.3) is 0 Å². The first-order chi connectivity index (χ1) is 8.08. The lowest BCUT2D eigenvalue weighted by molar-refractivity contribution is -0.144. The highest BCUT2D eigenvalue weighted by molar-refractivity contribution is 5.72. The summed E-state index contributed by atoms with van der Waals surface area (Å²) in [6, 6.07) is 6.74. The Bertz CT molecular complexity index is 412. The van der Waals surface area contributed by atoms with E-state index in [9.17, 15) is 9.90 Å². The molecule has 4 heteroatoms. The Hall–Kier alpha value is -1.55. The van der Waals surface area contributed by atoms with Crippen LogP contribution < -0.4 is 0 Å². The topological polar surface area (TPSA) is 59.1 Å². The monoisotopic (exact) mass is 236 g/mol. The lowest BCUT2D eigenvalue weighted by Gasteiger charge is -2.12. The molecule has 92 valence electrons. The van der Waals surface area contributed by atoms with E-state index < -0.39 is 5.60 Å². The van der Waals surface area contributed by atoms with Crippen LogP contribution in [0.5, 0.6) is 5.75 Å². The molecule has 1 saturated heterocycles. The minimum absolute atomic E-state index is 0.00329. The number of hydrogen-bond acceptors (Lipinski definition) is 4. The Morgan fingerprint density at radius 2 is 2.06 bits per heavy atom. The Balaban J connectivity index is 2.15. The maximum atomic E-state index is 11.5. The van der Waals surface area contributed by atoms with E-state index in [-0.39, 0.29) is 24.2 Å². The van der Waals surface area contributed by atoms with Crippen LogP contribution in [-0.4, -0.2) is 23.8 Å². The summed E-state index contributed by atoms with van der Waals surface area (Å²) in [5, 5.41) is 9.24. The third-order valence-electron chi connectivity index (χ3n) is 3.05. The van der Waals surface area contributed by atoms with E-state index in [2.05, 4.69) is 0 Å². The Labute approximate surface area is 100 Å². The van der Waals surface area contributed by atoms with Crippen LogP contribution in [0.4, 0.5) is 0 Å². The van der Waals surface area contributed by atoms with Crippen LogP contribution in [0.15, 0.2) is 24.3 Å². The average molecular weight is 236 g/mol. The highest BCUT2D eigenvalue weighted by atomic mass is 16.6. The van der Waals surface area contributed by atoms with Gasteiger partial charge < -0.3 is 14.6 Å². The van der Waals surface area contributed by atoms with Gasteiger partial charge in [-0.15, -0.1) is 0 Å². The average Bonchev–Trinajstić information content (AvgIpc) is 2.91. The van der Waals surface area contributed by atoms with Gasteiger partial charge in [-0.2, -0.15) is 0 Å². The van der Waals surface area contributed by atoms with E-state index in [1.54, 1.807) is 31.2 Å². The maximum absolute atomic E-state index is 11.5. The fourth-order valence-electron chi connectivity index (χ4n) is 2.04. The van der Waals surface area contributed by atoms with E-state index in [1.807, 2.05) is 6.92 Å². The second-order valence-electron chi connectivity index (χ2n) is 4.18. The van der Waals surface area contributed by atoms with Crippen LogP contribution in [0.3, 0.4) is 0 Å².